The van der Waals surface area contributed by atoms with Gasteiger partial charge in [0.1, 0.15) is 17.3 Å². The third-order valence-electron chi connectivity index (χ3n) is 2.64. The van der Waals surface area contributed by atoms with Gasteiger partial charge < -0.3 is 16.0 Å². The predicted molar refractivity (Wildman–Crippen MR) is 70.9 cm³/mol. The van der Waals surface area contributed by atoms with Gasteiger partial charge in [-0.15, -0.1) is 0 Å². The number of halogens is 2. The first-order valence-corrected chi connectivity index (χ1v) is 6.15. The number of rotatable bonds is 5. The number of benzene rings is 1. The minimum atomic E-state index is -0.875. The van der Waals surface area contributed by atoms with Crippen molar-refractivity contribution in [2.24, 2.45) is 5.73 Å². The number of likely N-dealkylation sites (N-methyl/N-ethyl adjacent to an activating group) is 1. The van der Waals surface area contributed by atoms with E-state index in [1.165, 1.54) is 17.9 Å². The molecule has 0 heterocycles. The molecule has 0 aromatic heterocycles. The Morgan fingerprint density at radius 1 is 1.35 bits per heavy atom. The second kappa shape index (κ2) is 6.95. The normalized spacial score (nSPS) is 11.8. The Bertz CT molecular complexity index is 486. The summed E-state index contributed by atoms with van der Waals surface area (Å²) in [6, 6.07) is 2.51. The van der Waals surface area contributed by atoms with Crippen molar-refractivity contribution >= 4 is 17.5 Å². The van der Waals surface area contributed by atoms with Gasteiger partial charge in [-0.1, -0.05) is 6.07 Å². The van der Waals surface area contributed by atoms with E-state index in [-0.39, 0.29) is 13.1 Å². The summed E-state index contributed by atoms with van der Waals surface area (Å²) in [4.78, 5) is 24.6. The lowest BCUT2D eigenvalue weighted by Crippen LogP contribution is -2.45. The van der Waals surface area contributed by atoms with Crippen molar-refractivity contribution < 1.29 is 18.4 Å². The molecule has 1 aromatic carbocycles. The summed E-state index contributed by atoms with van der Waals surface area (Å²) >= 11 is 0. The van der Waals surface area contributed by atoms with Gasteiger partial charge in [0, 0.05) is 6.54 Å². The first-order chi connectivity index (χ1) is 9.36. The van der Waals surface area contributed by atoms with Gasteiger partial charge in [0.15, 0.2) is 0 Å². The third-order valence-corrected chi connectivity index (χ3v) is 2.64. The third kappa shape index (κ3) is 3.99. The zero-order valence-electron chi connectivity index (χ0n) is 11.3. The fourth-order valence-electron chi connectivity index (χ4n) is 1.60. The summed E-state index contributed by atoms with van der Waals surface area (Å²) in [6.07, 6.45) is 0. The SMILES string of the molecule is CCN(CC(=O)Nc1c(F)cccc1F)C(=O)C(C)N. The lowest BCUT2D eigenvalue weighted by Gasteiger charge is -2.22. The Hall–Kier alpha value is -2.02. The highest BCUT2D eigenvalue weighted by atomic mass is 19.1. The molecule has 0 saturated heterocycles. The molecule has 2 amide bonds. The summed E-state index contributed by atoms with van der Waals surface area (Å²) in [5.74, 6) is -2.85. The van der Waals surface area contributed by atoms with Crippen molar-refractivity contribution in [1.82, 2.24) is 4.90 Å². The van der Waals surface area contributed by atoms with Crippen molar-refractivity contribution in [3.05, 3.63) is 29.8 Å². The standard InChI is InChI=1S/C13H17F2N3O2/c1-3-18(13(20)8(2)16)7-11(19)17-12-9(14)5-4-6-10(12)15/h4-6,8H,3,7,16H2,1-2H3,(H,17,19). The molecule has 0 spiro atoms. The smallest absolute Gasteiger partial charge is 0.244 e. The number of amides is 2. The van der Waals surface area contributed by atoms with Crippen molar-refractivity contribution in [3.8, 4) is 0 Å². The predicted octanol–water partition coefficient (Wildman–Crippen LogP) is 1.10. The van der Waals surface area contributed by atoms with Crippen LogP contribution in [0.2, 0.25) is 0 Å². The van der Waals surface area contributed by atoms with Gasteiger partial charge in [0.05, 0.1) is 12.6 Å². The zero-order valence-corrected chi connectivity index (χ0v) is 11.3. The van der Waals surface area contributed by atoms with Gasteiger partial charge in [0.25, 0.3) is 0 Å². The molecule has 110 valence electrons. The maximum Gasteiger partial charge on any atom is 0.244 e. The molecule has 0 aliphatic heterocycles. The molecule has 1 atom stereocenters. The lowest BCUT2D eigenvalue weighted by atomic mass is 10.2. The van der Waals surface area contributed by atoms with Crippen LogP contribution < -0.4 is 11.1 Å². The average molecular weight is 285 g/mol. The summed E-state index contributed by atoms with van der Waals surface area (Å²) in [6.45, 7) is 3.13. The summed E-state index contributed by atoms with van der Waals surface area (Å²) in [5, 5.41) is 2.11. The van der Waals surface area contributed by atoms with Crippen LogP contribution in [-0.2, 0) is 9.59 Å². The number of anilines is 1. The van der Waals surface area contributed by atoms with Crippen molar-refractivity contribution in [1.29, 1.82) is 0 Å². The molecule has 3 N–H and O–H groups in total. The number of para-hydroxylation sites is 1. The van der Waals surface area contributed by atoms with Gasteiger partial charge >= 0.3 is 0 Å². The molecule has 1 aromatic rings. The molecule has 5 nitrogen and oxygen atoms in total. The fourth-order valence-corrected chi connectivity index (χ4v) is 1.60. The number of nitrogens with two attached hydrogens (primary N) is 1. The maximum absolute atomic E-state index is 13.4. The van der Waals surface area contributed by atoms with Crippen molar-refractivity contribution in [2.75, 3.05) is 18.4 Å². The van der Waals surface area contributed by atoms with Crippen LogP contribution in [0.15, 0.2) is 18.2 Å². The highest BCUT2D eigenvalue weighted by Crippen LogP contribution is 2.17. The first kappa shape index (κ1) is 16.0. The number of nitrogens with one attached hydrogen (secondary N) is 1. The van der Waals surface area contributed by atoms with Crippen LogP contribution in [0.1, 0.15) is 13.8 Å². The Morgan fingerprint density at radius 3 is 2.35 bits per heavy atom. The highest BCUT2D eigenvalue weighted by molar-refractivity contribution is 5.95. The summed E-state index contributed by atoms with van der Waals surface area (Å²) in [5.41, 5.74) is 4.92. The van der Waals surface area contributed by atoms with E-state index < -0.39 is 35.2 Å². The molecular weight excluding hydrogens is 268 g/mol. The molecular formula is C13H17F2N3O2. The number of hydrogen-bond acceptors (Lipinski definition) is 3. The molecule has 0 bridgehead atoms. The van der Waals surface area contributed by atoms with Crippen LogP contribution in [0.25, 0.3) is 0 Å². The number of nitrogens with zero attached hydrogens (tertiary/aromatic N) is 1. The number of carbonyl (C=O) groups is 2. The monoisotopic (exact) mass is 285 g/mol. The van der Waals surface area contributed by atoms with Gasteiger partial charge in [0.2, 0.25) is 11.8 Å². The van der Waals surface area contributed by atoms with E-state index in [4.69, 9.17) is 5.73 Å². The van der Waals surface area contributed by atoms with E-state index in [1.807, 2.05) is 0 Å². The van der Waals surface area contributed by atoms with Gasteiger partial charge in [-0.3, -0.25) is 9.59 Å². The Labute approximate surface area is 115 Å². The fraction of sp³-hybridized carbons (Fsp3) is 0.385. The Kier molecular flexibility index (Phi) is 5.57. The molecule has 0 aliphatic carbocycles. The second-order valence-corrected chi connectivity index (χ2v) is 4.29. The van der Waals surface area contributed by atoms with Crippen LogP contribution in [0.3, 0.4) is 0 Å². The van der Waals surface area contributed by atoms with Crippen LogP contribution >= 0.6 is 0 Å². The van der Waals surface area contributed by atoms with Crippen LogP contribution in [0, 0.1) is 11.6 Å². The highest BCUT2D eigenvalue weighted by Gasteiger charge is 2.20. The van der Waals surface area contributed by atoms with E-state index in [2.05, 4.69) is 5.32 Å². The molecule has 0 radical (unpaired) electrons. The largest absolute Gasteiger partial charge is 0.332 e. The quantitative estimate of drug-likeness (QED) is 0.850. The molecule has 0 saturated carbocycles. The van der Waals surface area contributed by atoms with E-state index in [0.29, 0.717) is 0 Å². The zero-order chi connectivity index (χ0) is 15.3. The van der Waals surface area contributed by atoms with E-state index in [1.54, 1.807) is 6.92 Å². The minimum Gasteiger partial charge on any atom is -0.332 e. The topological polar surface area (TPSA) is 75.4 Å². The van der Waals surface area contributed by atoms with Gasteiger partial charge in [-0.2, -0.15) is 0 Å². The van der Waals surface area contributed by atoms with Crippen molar-refractivity contribution in [2.45, 2.75) is 19.9 Å². The Balaban J connectivity index is 2.74. The number of carbonyl (C=O) groups excluding carboxylic acids is 2. The van der Waals surface area contributed by atoms with E-state index in [0.717, 1.165) is 12.1 Å². The first-order valence-electron chi connectivity index (χ1n) is 6.15. The van der Waals surface area contributed by atoms with Crippen LogP contribution in [0.5, 0.6) is 0 Å². The lowest BCUT2D eigenvalue weighted by molar-refractivity contribution is -0.135. The molecule has 1 rings (SSSR count). The van der Waals surface area contributed by atoms with Gasteiger partial charge in [-0.25, -0.2) is 8.78 Å². The van der Waals surface area contributed by atoms with Crippen LogP contribution in [0.4, 0.5) is 14.5 Å². The molecule has 7 heteroatoms. The molecule has 1 unspecified atom stereocenters. The molecule has 0 fully saturated rings. The molecule has 0 aliphatic rings. The van der Waals surface area contributed by atoms with Crippen molar-refractivity contribution in [3.63, 3.8) is 0 Å². The Morgan fingerprint density at radius 2 is 1.90 bits per heavy atom. The molecule has 20 heavy (non-hydrogen) atoms. The minimum absolute atomic E-state index is 0.271. The van der Waals surface area contributed by atoms with E-state index >= 15 is 0 Å². The maximum atomic E-state index is 13.4. The van der Waals surface area contributed by atoms with Crippen LogP contribution in [-0.4, -0.2) is 35.8 Å². The number of hydrogen-bond donors (Lipinski definition) is 2. The van der Waals surface area contributed by atoms with Gasteiger partial charge in [-0.05, 0) is 26.0 Å². The summed E-state index contributed by atoms with van der Waals surface area (Å²) in [7, 11) is 0. The summed E-state index contributed by atoms with van der Waals surface area (Å²) < 4.78 is 26.7. The average Bonchev–Trinajstić information content (AvgIpc) is 2.39. The second-order valence-electron chi connectivity index (χ2n) is 4.29. The van der Waals surface area contributed by atoms with E-state index in [9.17, 15) is 18.4 Å².